The van der Waals surface area contributed by atoms with E-state index in [1.807, 2.05) is 25.1 Å². The lowest BCUT2D eigenvalue weighted by Crippen LogP contribution is -2.03. The van der Waals surface area contributed by atoms with Gasteiger partial charge < -0.3 is 10.1 Å². The first-order chi connectivity index (χ1) is 8.19. The fourth-order valence-electron chi connectivity index (χ4n) is 1.49. The molecule has 1 heterocycles. The molecule has 1 N–H and O–H groups in total. The van der Waals surface area contributed by atoms with E-state index in [1.165, 1.54) is 4.80 Å². The monoisotopic (exact) mass is 233 g/mol. The van der Waals surface area contributed by atoms with Crippen molar-refractivity contribution in [2.75, 3.05) is 12.4 Å². The quantitative estimate of drug-likeness (QED) is 0.857. The Morgan fingerprint density at radius 1 is 1.41 bits per heavy atom. The Balaban J connectivity index is 2.07. The Bertz CT molecular complexity index is 508. The lowest BCUT2D eigenvalue weighted by Gasteiger charge is -2.09. The predicted molar refractivity (Wildman–Crippen MR) is 63.9 cm³/mol. The van der Waals surface area contributed by atoms with Gasteiger partial charge in [0.15, 0.2) is 5.82 Å². The second-order valence-electron chi connectivity index (χ2n) is 3.73. The van der Waals surface area contributed by atoms with Crippen LogP contribution < -0.4 is 10.1 Å². The Morgan fingerprint density at radius 2 is 2.24 bits per heavy atom. The van der Waals surface area contributed by atoms with Crippen molar-refractivity contribution in [2.45, 2.75) is 13.5 Å². The number of hydrogen-bond donors (Lipinski definition) is 1. The lowest BCUT2D eigenvalue weighted by atomic mass is 10.2. The van der Waals surface area contributed by atoms with Gasteiger partial charge in [0.2, 0.25) is 0 Å². The van der Waals surface area contributed by atoms with E-state index in [2.05, 4.69) is 20.7 Å². The number of methoxy groups -OCH3 is 1. The largest absolute Gasteiger partial charge is 0.497 e. The molecule has 1 aromatic carbocycles. The highest BCUT2D eigenvalue weighted by molar-refractivity contribution is 5.54. The molecule has 17 heavy (non-hydrogen) atoms. The molecule has 0 atom stereocenters. The van der Waals surface area contributed by atoms with E-state index >= 15 is 0 Å². The Labute approximate surface area is 99.6 Å². The van der Waals surface area contributed by atoms with Gasteiger partial charge in [-0.2, -0.15) is 4.80 Å². The standard InChI is InChI=1S/C11H15N5O/c1-8-4-5-9(17-3)6-10(8)12-7-11-13-15-16(2)14-11/h4-6,12H,7H2,1-3H3. The molecule has 0 bridgehead atoms. The number of anilines is 1. The highest BCUT2D eigenvalue weighted by Crippen LogP contribution is 2.21. The summed E-state index contributed by atoms with van der Waals surface area (Å²) in [7, 11) is 3.39. The molecule has 0 aliphatic rings. The molecule has 1 aromatic heterocycles. The van der Waals surface area contributed by atoms with Crippen LogP contribution in [0.2, 0.25) is 0 Å². The van der Waals surface area contributed by atoms with Gasteiger partial charge in [0.1, 0.15) is 5.75 Å². The molecule has 0 unspecified atom stereocenters. The van der Waals surface area contributed by atoms with Gasteiger partial charge in [0.25, 0.3) is 0 Å². The van der Waals surface area contributed by atoms with E-state index in [-0.39, 0.29) is 0 Å². The van der Waals surface area contributed by atoms with Crippen molar-refractivity contribution < 1.29 is 4.74 Å². The zero-order valence-corrected chi connectivity index (χ0v) is 10.1. The molecule has 6 heteroatoms. The average molecular weight is 233 g/mol. The van der Waals surface area contributed by atoms with E-state index < -0.39 is 0 Å². The van der Waals surface area contributed by atoms with Gasteiger partial charge in [0.05, 0.1) is 20.7 Å². The minimum Gasteiger partial charge on any atom is -0.497 e. The minimum atomic E-state index is 0.543. The zero-order chi connectivity index (χ0) is 12.3. The number of nitrogens with zero attached hydrogens (tertiary/aromatic N) is 4. The number of ether oxygens (including phenoxy) is 1. The fourth-order valence-corrected chi connectivity index (χ4v) is 1.49. The Hall–Kier alpha value is -2.11. The van der Waals surface area contributed by atoms with Crippen molar-refractivity contribution in [2.24, 2.45) is 7.05 Å². The van der Waals surface area contributed by atoms with Crippen LogP contribution in [0.25, 0.3) is 0 Å². The van der Waals surface area contributed by atoms with Gasteiger partial charge in [-0.05, 0) is 23.8 Å². The summed E-state index contributed by atoms with van der Waals surface area (Å²) >= 11 is 0. The summed E-state index contributed by atoms with van der Waals surface area (Å²) in [6.45, 7) is 2.58. The van der Waals surface area contributed by atoms with Crippen molar-refractivity contribution in [1.82, 2.24) is 20.2 Å². The van der Waals surface area contributed by atoms with Gasteiger partial charge in [0, 0.05) is 11.8 Å². The number of rotatable bonds is 4. The minimum absolute atomic E-state index is 0.543. The number of aromatic nitrogens is 4. The summed E-state index contributed by atoms with van der Waals surface area (Å²) in [6.07, 6.45) is 0. The number of hydrogen-bond acceptors (Lipinski definition) is 5. The van der Waals surface area contributed by atoms with Crippen molar-refractivity contribution in [3.8, 4) is 5.75 Å². The molecule has 2 rings (SSSR count). The van der Waals surface area contributed by atoms with Crippen LogP contribution in [0.4, 0.5) is 5.69 Å². The molecule has 0 saturated carbocycles. The highest BCUT2D eigenvalue weighted by atomic mass is 16.5. The van der Waals surface area contributed by atoms with E-state index in [4.69, 9.17) is 4.74 Å². The molecule has 6 nitrogen and oxygen atoms in total. The number of benzene rings is 1. The van der Waals surface area contributed by atoms with Gasteiger partial charge >= 0.3 is 0 Å². The first-order valence-electron chi connectivity index (χ1n) is 5.30. The van der Waals surface area contributed by atoms with Crippen molar-refractivity contribution in [1.29, 1.82) is 0 Å². The van der Waals surface area contributed by atoms with Crippen LogP contribution in [0.15, 0.2) is 18.2 Å². The summed E-state index contributed by atoms with van der Waals surface area (Å²) in [5.41, 5.74) is 2.16. The molecule has 0 aliphatic carbocycles. The summed E-state index contributed by atoms with van der Waals surface area (Å²) in [4.78, 5) is 1.44. The summed E-state index contributed by atoms with van der Waals surface area (Å²) in [6, 6.07) is 5.89. The van der Waals surface area contributed by atoms with Gasteiger partial charge in [-0.25, -0.2) is 0 Å². The van der Waals surface area contributed by atoms with Crippen LogP contribution in [-0.4, -0.2) is 27.3 Å². The highest BCUT2D eigenvalue weighted by Gasteiger charge is 2.03. The maximum Gasteiger partial charge on any atom is 0.193 e. The molecular formula is C11H15N5O. The van der Waals surface area contributed by atoms with Crippen molar-refractivity contribution in [3.63, 3.8) is 0 Å². The van der Waals surface area contributed by atoms with Crippen LogP contribution in [0, 0.1) is 6.92 Å². The molecule has 0 fully saturated rings. The number of aryl methyl sites for hydroxylation is 2. The van der Waals surface area contributed by atoms with Crippen LogP contribution in [0.3, 0.4) is 0 Å². The first kappa shape index (κ1) is 11.4. The third-order valence-corrected chi connectivity index (χ3v) is 2.43. The second-order valence-corrected chi connectivity index (χ2v) is 3.73. The molecule has 0 spiro atoms. The maximum atomic E-state index is 5.18. The number of tetrazole rings is 1. The van der Waals surface area contributed by atoms with Crippen molar-refractivity contribution in [3.05, 3.63) is 29.6 Å². The van der Waals surface area contributed by atoms with Crippen LogP contribution in [0.1, 0.15) is 11.4 Å². The zero-order valence-electron chi connectivity index (χ0n) is 10.1. The van der Waals surface area contributed by atoms with Crippen LogP contribution in [-0.2, 0) is 13.6 Å². The molecule has 0 aliphatic heterocycles. The second kappa shape index (κ2) is 4.82. The molecule has 2 aromatic rings. The molecule has 90 valence electrons. The van der Waals surface area contributed by atoms with E-state index in [1.54, 1.807) is 14.2 Å². The molecular weight excluding hydrogens is 218 g/mol. The van der Waals surface area contributed by atoms with Gasteiger partial charge in [-0.1, -0.05) is 6.07 Å². The van der Waals surface area contributed by atoms with Crippen molar-refractivity contribution >= 4 is 5.69 Å². The fraction of sp³-hybridized carbons (Fsp3) is 0.364. The average Bonchev–Trinajstić information content (AvgIpc) is 2.74. The van der Waals surface area contributed by atoms with Crippen LogP contribution in [0.5, 0.6) is 5.75 Å². The van der Waals surface area contributed by atoms with E-state index in [9.17, 15) is 0 Å². The molecule has 0 saturated heterocycles. The third-order valence-electron chi connectivity index (χ3n) is 2.43. The molecule has 0 radical (unpaired) electrons. The maximum absolute atomic E-state index is 5.18. The smallest absolute Gasteiger partial charge is 0.193 e. The Kier molecular flexibility index (Phi) is 3.22. The topological polar surface area (TPSA) is 64.9 Å². The SMILES string of the molecule is COc1ccc(C)c(NCc2nnn(C)n2)c1. The normalized spacial score (nSPS) is 10.3. The lowest BCUT2D eigenvalue weighted by molar-refractivity contribution is 0.415. The predicted octanol–water partition coefficient (Wildman–Crippen LogP) is 1.14. The Morgan fingerprint density at radius 3 is 2.88 bits per heavy atom. The summed E-state index contributed by atoms with van der Waals surface area (Å²) in [5, 5.41) is 15.0. The first-order valence-corrected chi connectivity index (χ1v) is 5.30. The van der Waals surface area contributed by atoms with E-state index in [0.29, 0.717) is 12.4 Å². The summed E-state index contributed by atoms with van der Waals surface area (Å²) in [5.74, 6) is 1.49. The summed E-state index contributed by atoms with van der Waals surface area (Å²) < 4.78 is 5.18. The third kappa shape index (κ3) is 2.72. The molecule has 0 amide bonds. The van der Waals surface area contributed by atoms with E-state index in [0.717, 1.165) is 17.0 Å². The van der Waals surface area contributed by atoms with Gasteiger partial charge in [-0.15, -0.1) is 10.2 Å². The number of nitrogens with one attached hydrogen (secondary N) is 1. The van der Waals surface area contributed by atoms with Crippen LogP contribution >= 0.6 is 0 Å². The van der Waals surface area contributed by atoms with Gasteiger partial charge in [-0.3, -0.25) is 0 Å².